The van der Waals surface area contributed by atoms with Gasteiger partial charge in [-0.1, -0.05) is 23.9 Å². The second kappa shape index (κ2) is 9.76. The number of piperidine rings is 1. The number of thioether (sulfide) groups is 1. The van der Waals surface area contributed by atoms with Crippen molar-refractivity contribution in [1.82, 2.24) is 24.6 Å². The third-order valence-electron chi connectivity index (χ3n) is 6.14. The molecule has 2 fully saturated rings. The van der Waals surface area contributed by atoms with Crippen LogP contribution in [0.1, 0.15) is 30.7 Å². The number of aromatic nitrogens is 4. The highest BCUT2D eigenvalue weighted by Gasteiger charge is 2.27. The maximum atomic E-state index is 12.9. The Balaban J connectivity index is 1.15. The van der Waals surface area contributed by atoms with Gasteiger partial charge in [0.2, 0.25) is 11.9 Å². The molecule has 2 aliphatic rings. The van der Waals surface area contributed by atoms with E-state index in [0.29, 0.717) is 24.9 Å². The van der Waals surface area contributed by atoms with Crippen molar-refractivity contribution < 1.29 is 9.53 Å². The Hall–Kier alpha value is -2.17. The summed E-state index contributed by atoms with van der Waals surface area (Å²) in [5.74, 6) is 1.90. The molecule has 0 radical (unpaired) electrons. The zero-order chi connectivity index (χ0) is 21.9. The Morgan fingerprint density at radius 2 is 1.94 bits per heavy atom. The van der Waals surface area contributed by atoms with Crippen molar-refractivity contribution in [2.75, 3.05) is 50.0 Å². The van der Waals surface area contributed by atoms with E-state index in [1.807, 2.05) is 11.0 Å². The molecule has 10 heteroatoms. The molecule has 1 aromatic carbocycles. The average Bonchev–Trinajstić information content (AvgIpc) is 3.47. The van der Waals surface area contributed by atoms with E-state index in [1.54, 1.807) is 11.3 Å². The molecule has 32 heavy (non-hydrogen) atoms. The molecule has 0 unspecified atom stereocenters. The minimum Gasteiger partial charge on any atom is -0.378 e. The lowest BCUT2D eigenvalue weighted by molar-refractivity contribution is -0.129. The van der Waals surface area contributed by atoms with Crippen LogP contribution in [0.2, 0.25) is 0 Å². The van der Waals surface area contributed by atoms with Gasteiger partial charge in [-0.15, -0.1) is 21.5 Å². The van der Waals surface area contributed by atoms with Crippen LogP contribution in [0.3, 0.4) is 0 Å². The van der Waals surface area contributed by atoms with Crippen LogP contribution in [0.25, 0.3) is 10.2 Å². The van der Waals surface area contributed by atoms with Gasteiger partial charge in [0.1, 0.15) is 0 Å². The van der Waals surface area contributed by atoms with Crippen LogP contribution in [0.4, 0.5) is 5.95 Å². The number of para-hydroxylation sites is 1. The normalized spacial score (nSPS) is 17.9. The fourth-order valence-electron chi connectivity index (χ4n) is 4.32. The fraction of sp³-hybridized carbons (Fsp3) is 0.545. The summed E-state index contributed by atoms with van der Waals surface area (Å²) in [5, 5.41) is 10.8. The number of ether oxygens (including phenoxy) is 1. The summed E-state index contributed by atoms with van der Waals surface area (Å²) in [4.78, 5) is 21.9. The molecule has 4 heterocycles. The largest absolute Gasteiger partial charge is 0.378 e. The van der Waals surface area contributed by atoms with E-state index in [4.69, 9.17) is 9.72 Å². The minimum atomic E-state index is 0.177. The third-order valence-corrected chi connectivity index (χ3v) is 8.29. The molecule has 0 aliphatic carbocycles. The minimum absolute atomic E-state index is 0.177. The second-order valence-corrected chi connectivity index (χ2v) is 10.1. The molecule has 0 atom stereocenters. The van der Waals surface area contributed by atoms with Crippen LogP contribution in [0.5, 0.6) is 0 Å². The predicted molar refractivity (Wildman–Crippen MR) is 128 cm³/mol. The van der Waals surface area contributed by atoms with E-state index in [-0.39, 0.29) is 5.91 Å². The second-order valence-electron chi connectivity index (χ2n) is 8.09. The summed E-state index contributed by atoms with van der Waals surface area (Å²) >= 11 is 3.28. The van der Waals surface area contributed by atoms with Crippen LogP contribution < -0.4 is 4.90 Å². The molecule has 5 rings (SSSR count). The zero-order valence-electron chi connectivity index (χ0n) is 18.3. The van der Waals surface area contributed by atoms with E-state index >= 15 is 0 Å². The summed E-state index contributed by atoms with van der Waals surface area (Å²) in [6.45, 7) is 7.53. The smallest absolute Gasteiger partial charge is 0.233 e. The number of carbonyl (C=O) groups excluding carboxylic acids is 1. The molecule has 2 aromatic heterocycles. The Bertz CT molecular complexity index is 1040. The Kier molecular flexibility index (Phi) is 6.61. The summed E-state index contributed by atoms with van der Waals surface area (Å²) in [5.41, 5.74) is 1.08. The standard InChI is InChI=1S/C22H28N6O2S2/c1-2-28-21(27-11-13-30-14-12-27)24-25-22(28)31-15-19(29)26-9-7-16(8-10-26)20-23-17-5-3-4-6-18(17)32-20/h3-6,16H,2,7-15H2,1H3. The van der Waals surface area contributed by atoms with Gasteiger partial charge in [0, 0.05) is 38.6 Å². The van der Waals surface area contributed by atoms with Gasteiger partial charge in [-0.3, -0.25) is 9.36 Å². The number of hydrogen-bond acceptors (Lipinski definition) is 8. The number of thiazole rings is 1. The van der Waals surface area contributed by atoms with E-state index in [0.717, 1.165) is 62.2 Å². The number of hydrogen-bond donors (Lipinski definition) is 0. The van der Waals surface area contributed by atoms with Crippen LogP contribution >= 0.6 is 23.1 Å². The Morgan fingerprint density at radius 3 is 2.69 bits per heavy atom. The third kappa shape index (κ3) is 4.49. The van der Waals surface area contributed by atoms with Crippen LogP contribution in [0.15, 0.2) is 29.4 Å². The van der Waals surface area contributed by atoms with Crippen molar-refractivity contribution >= 4 is 45.2 Å². The highest BCUT2D eigenvalue weighted by Crippen LogP contribution is 2.34. The number of amides is 1. The monoisotopic (exact) mass is 472 g/mol. The molecule has 2 aliphatic heterocycles. The van der Waals surface area contributed by atoms with Gasteiger partial charge < -0.3 is 14.5 Å². The summed E-state index contributed by atoms with van der Waals surface area (Å²) in [6.07, 6.45) is 1.95. The number of rotatable bonds is 6. The molecule has 0 bridgehead atoms. The zero-order valence-corrected chi connectivity index (χ0v) is 19.9. The lowest BCUT2D eigenvalue weighted by Gasteiger charge is -2.31. The van der Waals surface area contributed by atoms with Gasteiger partial charge in [0.15, 0.2) is 5.16 Å². The first-order valence-corrected chi connectivity index (χ1v) is 13.0. The molecule has 0 spiro atoms. The predicted octanol–water partition coefficient (Wildman–Crippen LogP) is 3.24. The highest BCUT2D eigenvalue weighted by molar-refractivity contribution is 7.99. The first-order chi connectivity index (χ1) is 15.7. The van der Waals surface area contributed by atoms with Crippen molar-refractivity contribution in [3.63, 3.8) is 0 Å². The van der Waals surface area contributed by atoms with E-state index in [1.165, 1.54) is 21.5 Å². The van der Waals surface area contributed by atoms with Gasteiger partial charge in [-0.05, 0) is 31.9 Å². The molecule has 0 N–H and O–H groups in total. The quantitative estimate of drug-likeness (QED) is 0.510. The summed E-state index contributed by atoms with van der Waals surface area (Å²) < 4.78 is 8.79. The topological polar surface area (TPSA) is 76.4 Å². The van der Waals surface area contributed by atoms with E-state index in [9.17, 15) is 4.79 Å². The van der Waals surface area contributed by atoms with Gasteiger partial charge >= 0.3 is 0 Å². The number of benzene rings is 1. The number of anilines is 1. The first-order valence-electron chi connectivity index (χ1n) is 11.2. The van der Waals surface area contributed by atoms with Gasteiger partial charge in [-0.25, -0.2) is 4.98 Å². The van der Waals surface area contributed by atoms with Gasteiger partial charge in [-0.2, -0.15) is 0 Å². The van der Waals surface area contributed by atoms with Crippen LogP contribution in [0, 0.1) is 0 Å². The first kappa shape index (κ1) is 21.7. The number of fused-ring (bicyclic) bond motifs is 1. The van der Waals surface area contributed by atoms with Crippen molar-refractivity contribution in [3.05, 3.63) is 29.3 Å². The van der Waals surface area contributed by atoms with Crippen molar-refractivity contribution in [2.24, 2.45) is 0 Å². The summed E-state index contributed by atoms with van der Waals surface area (Å²) in [7, 11) is 0. The van der Waals surface area contributed by atoms with Crippen molar-refractivity contribution in [1.29, 1.82) is 0 Å². The SMILES string of the molecule is CCn1c(SCC(=O)N2CCC(c3nc4ccccc4s3)CC2)nnc1N1CCOCC1. The molecule has 3 aromatic rings. The molecular weight excluding hydrogens is 444 g/mol. The van der Waals surface area contributed by atoms with Crippen molar-refractivity contribution in [2.45, 2.75) is 37.4 Å². The molecule has 170 valence electrons. The molecule has 0 saturated carbocycles. The molecule has 1 amide bonds. The maximum Gasteiger partial charge on any atom is 0.233 e. The Labute approximate surface area is 196 Å². The van der Waals surface area contributed by atoms with Crippen molar-refractivity contribution in [3.8, 4) is 0 Å². The molecule has 2 saturated heterocycles. The molecule has 8 nitrogen and oxygen atoms in total. The molecular formula is C22H28N6O2S2. The number of likely N-dealkylation sites (tertiary alicyclic amines) is 1. The number of morpholine rings is 1. The van der Waals surface area contributed by atoms with Gasteiger partial charge in [0.25, 0.3) is 0 Å². The highest BCUT2D eigenvalue weighted by atomic mass is 32.2. The van der Waals surface area contributed by atoms with E-state index < -0.39 is 0 Å². The number of nitrogens with zero attached hydrogens (tertiary/aromatic N) is 6. The van der Waals surface area contributed by atoms with Crippen LogP contribution in [-0.4, -0.2) is 75.7 Å². The fourth-order valence-corrected chi connectivity index (χ4v) is 6.36. The Morgan fingerprint density at radius 1 is 1.16 bits per heavy atom. The van der Waals surface area contributed by atoms with Crippen LogP contribution in [-0.2, 0) is 16.1 Å². The number of carbonyl (C=O) groups is 1. The van der Waals surface area contributed by atoms with E-state index in [2.05, 4.69) is 44.8 Å². The lowest BCUT2D eigenvalue weighted by Crippen LogP contribution is -2.39. The summed E-state index contributed by atoms with van der Waals surface area (Å²) in [6, 6.07) is 8.30. The lowest BCUT2D eigenvalue weighted by atomic mass is 9.97. The average molecular weight is 473 g/mol. The maximum absolute atomic E-state index is 12.9. The van der Waals surface area contributed by atoms with Gasteiger partial charge in [0.05, 0.1) is 34.2 Å².